The van der Waals surface area contributed by atoms with Crippen molar-refractivity contribution in [3.63, 3.8) is 0 Å². The Morgan fingerprint density at radius 1 is 1.18 bits per heavy atom. The Kier molecular flexibility index (Phi) is 7.37. The zero-order chi connectivity index (χ0) is 25.2. The van der Waals surface area contributed by atoms with Crippen LogP contribution in [0.2, 0.25) is 0 Å². The standard InChI is InChI=1S/C18H15F4N2O7PS/c1-17(31-32(26,27)28,10-33(29,30)14-6-3-12(19)4-7-14)16(25)24-13-5-2-11(9-23)15(8-13)18(20,21)22/h2-8H,10H2,1H3,(H,24,25)(H2,26,27,28). The Bertz CT molecular complexity index is 1250. The number of alkyl halides is 3. The summed E-state index contributed by atoms with van der Waals surface area (Å²) in [6.07, 6.45) is -4.97. The van der Waals surface area contributed by atoms with E-state index in [2.05, 4.69) is 4.52 Å². The van der Waals surface area contributed by atoms with Crippen molar-refractivity contribution in [2.24, 2.45) is 0 Å². The molecular weight excluding hydrogens is 495 g/mol. The van der Waals surface area contributed by atoms with E-state index in [1.807, 2.05) is 5.32 Å². The number of carbonyl (C=O) groups excluding carboxylic acids is 1. The average Bonchev–Trinajstić information content (AvgIpc) is 2.65. The second kappa shape index (κ2) is 9.20. The van der Waals surface area contributed by atoms with Gasteiger partial charge in [0.1, 0.15) is 5.82 Å². The van der Waals surface area contributed by atoms with Crippen molar-refractivity contribution in [3.8, 4) is 6.07 Å². The number of nitriles is 1. The summed E-state index contributed by atoms with van der Waals surface area (Å²) in [5.74, 6) is -3.64. The first-order valence-electron chi connectivity index (χ1n) is 8.64. The van der Waals surface area contributed by atoms with Gasteiger partial charge in [-0.3, -0.25) is 9.32 Å². The van der Waals surface area contributed by atoms with Crippen LogP contribution in [0, 0.1) is 17.1 Å². The van der Waals surface area contributed by atoms with Crippen molar-refractivity contribution < 1.29 is 49.6 Å². The number of nitrogens with one attached hydrogen (secondary N) is 1. The number of rotatable bonds is 7. The molecule has 0 spiro atoms. The summed E-state index contributed by atoms with van der Waals surface area (Å²) in [6.45, 7) is 0.705. The molecule has 1 unspecified atom stereocenters. The molecule has 178 valence electrons. The lowest BCUT2D eigenvalue weighted by Gasteiger charge is -2.28. The highest BCUT2D eigenvalue weighted by molar-refractivity contribution is 7.91. The molecule has 0 saturated heterocycles. The van der Waals surface area contributed by atoms with E-state index in [9.17, 15) is 45.1 Å². The van der Waals surface area contributed by atoms with Crippen LogP contribution in [0.4, 0.5) is 23.2 Å². The van der Waals surface area contributed by atoms with Gasteiger partial charge in [-0.25, -0.2) is 17.4 Å². The molecule has 9 nitrogen and oxygen atoms in total. The van der Waals surface area contributed by atoms with Gasteiger partial charge in [-0.15, -0.1) is 0 Å². The van der Waals surface area contributed by atoms with E-state index >= 15 is 0 Å². The molecule has 0 fully saturated rings. The lowest BCUT2D eigenvalue weighted by atomic mass is 10.1. The first kappa shape index (κ1) is 26.4. The van der Waals surface area contributed by atoms with E-state index in [0.717, 1.165) is 36.4 Å². The first-order valence-corrected chi connectivity index (χ1v) is 11.8. The number of carbonyl (C=O) groups is 1. The number of phosphoric acid groups is 1. The number of halogens is 4. The van der Waals surface area contributed by atoms with Gasteiger partial charge in [-0.05, 0) is 49.4 Å². The highest BCUT2D eigenvalue weighted by Crippen LogP contribution is 2.43. The van der Waals surface area contributed by atoms with Gasteiger partial charge in [0.25, 0.3) is 5.91 Å². The molecule has 0 bridgehead atoms. The van der Waals surface area contributed by atoms with E-state index in [1.54, 1.807) is 0 Å². The second-order valence-electron chi connectivity index (χ2n) is 6.85. The number of benzene rings is 2. The molecule has 0 heterocycles. The van der Waals surface area contributed by atoms with Gasteiger partial charge in [0.05, 0.1) is 27.8 Å². The topological polar surface area (TPSA) is 154 Å². The third kappa shape index (κ3) is 6.83. The molecule has 2 rings (SSSR count). The third-order valence-corrected chi connectivity index (χ3v) is 6.70. The maximum Gasteiger partial charge on any atom is 0.470 e. The molecule has 3 N–H and O–H groups in total. The van der Waals surface area contributed by atoms with Crippen LogP contribution in [0.15, 0.2) is 47.4 Å². The van der Waals surface area contributed by atoms with Crippen molar-refractivity contribution in [2.75, 3.05) is 11.1 Å². The third-order valence-electron chi connectivity index (χ3n) is 4.14. The summed E-state index contributed by atoms with van der Waals surface area (Å²) >= 11 is 0. The molecule has 0 saturated carbocycles. The van der Waals surface area contributed by atoms with E-state index < -0.39 is 68.6 Å². The largest absolute Gasteiger partial charge is 0.470 e. The van der Waals surface area contributed by atoms with Crippen molar-refractivity contribution in [1.29, 1.82) is 5.26 Å². The molecule has 0 aliphatic rings. The Balaban J connectivity index is 2.45. The fraction of sp³-hybridized carbons (Fsp3) is 0.222. The van der Waals surface area contributed by atoms with Gasteiger partial charge in [0.2, 0.25) is 0 Å². The Morgan fingerprint density at radius 3 is 2.24 bits per heavy atom. The average molecular weight is 510 g/mol. The fourth-order valence-corrected chi connectivity index (χ4v) is 5.09. The highest BCUT2D eigenvalue weighted by Gasteiger charge is 2.45. The molecule has 0 aliphatic heterocycles. The minimum atomic E-state index is -5.49. The van der Waals surface area contributed by atoms with E-state index in [1.165, 1.54) is 6.07 Å². The van der Waals surface area contributed by atoms with E-state index in [0.29, 0.717) is 13.0 Å². The van der Waals surface area contributed by atoms with Crippen LogP contribution in [0.25, 0.3) is 0 Å². The summed E-state index contributed by atoms with van der Waals surface area (Å²) < 4.78 is 93.7. The number of amides is 1. The number of phosphoric ester groups is 1. The van der Waals surface area contributed by atoms with Gasteiger partial charge in [0.15, 0.2) is 15.4 Å². The van der Waals surface area contributed by atoms with Gasteiger partial charge in [0, 0.05) is 5.69 Å². The van der Waals surface area contributed by atoms with Crippen molar-refractivity contribution >= 4 is 29.3 Å². The smallest absolute Gasteiger partial charge is 0.324 e. The van der Waals surface area contributed by atoms with Crippen molar-refractivity contribution in [3.05, 3.63) is 59.4 Å². The Morgan fingerprint density at radius 2 is 1.76 bits per heavy atom. The number of nitrogens with zero attached hydrogens (tertiary/aromatic N) is 1. The predicted octanol–water partition coefficient (Wildman–Crippen LogP) is 3.00. The summed E-state index contributed by atoms with van der Waals surface area (Å²) in [5, 5.41) is 10.7. The number of hydrogen-bond acceptors (Lipinski definition) is 6. The zero-order valence-corrected chi connectivity index (χ0v) is 18.2. The lowest BCUT2D eigenvalue weighted by Crippen LogP contribution is -2.47. The van der Waals surface area contributed by atoms with Crippen LogP contribution in [-0.2, 0) is 29.9 Å². The highest BCUT2D eigenvalue weighted by atomic mass is 32.2. The minimum absolute atomic E-state index is 0.392. The molecule has 15 heteroatoms. The monoisotopic (exact) mass is 510 g/mol. The molecule has 0 radical (unpaired) electrons. The van der Waals surface area contributed by atoms with Gasteiger partial charge < -0.3 is 15.1 Å². The fourth-order valence-electron chi connectivity index (χ4n) is 2.70. The van der Waals surface area contributed by atoms with Crippen LogP contribution in [-0.4, -0.2) is 35.5 Å². The van der Waals surface area contributed by atoms with Crippen LogP contribution in [0.5, 0.6) is 0 Å². The number of sulfone groups is 1. The zero-order valence-electron chi connectivity index (χ0n) is 16.5. The lowest BCUT2D eigenvalue weighted by molar-refractivity contribution is -0.137. The number of anilines is 1. The summed E-state index contributed by atoms with van der Waals surface area (Å²) in [7, 11) is -9.99. The maximum atomic E-state index is 13.2. The van der Waals surface area contributed by atoms with Gasteiger partial charge in [-0.2, -0.15) is 18.4 Å². The van der Waals surface area contributed by atoms with Crippen molar-refractivity contribution in [2.45, 2.75) is 23.6 Å². The Hall–Kier alpha value is -2.82. The van der Waals surface area contributed by atoms with Gasteiger partial charge in [-0.1, -0.05) is 0 Å². The SMILES string of the molecule is CC(CS(=O)(=O)c1ccc(F)cc1)(OP(=O)(O)O)C(=O)Nc1ccc(C#N)c(C(F)(F)F)c1. The quantitative estimate of drug-likeness (QED) is 0.292. The number of hydrogen-bond donors (Lipinski definition) is 3. The van der Waals surface area contributed by atoms with Gasteiger partial charge >= 0.3 is 14.0 Å². The van der Waals surface area contributed by atoms with Crippen LogP contribution < -0.4 is 5.32 Å². The normalized spacial score (nSPS) is 14.2. The molecule has 0 aromatic heterocycles. The molecule has 0 aliphatic carbocycles. The minimum Gasteiger partial charge on any atom is -0.324 e. The molecular formula is C18H15F4N2O7PS. The molecule has 1 amide bonds. The van der Waals surface area contributed by atoms with Crippen LogP contribution in [0.3, 0.4) is 0 Å². The van der Waals surface area contributed by atoms with Crippen LogP contribution in [0.1, 0.15) is 18.1 Å². The van der Waals surface area contributed by atoms with E-state index in [4.69, 9.17) is 5.26 Å². The molecule has 2 aromatic rings. The molecule has 33 heavy (non-hydrogen) atoms. The first-order chi connectivity index (χ1) is 15.0. The predicted molar refractivity (Wildman–Crippen MR) is 105 cm³/mol. The van der Waals surface area contributed by atoms with Crippen LogP contribution >= 0.6 is 7.82 Å². The van der Waals surface area contributed by atoms with Crippen molar-refractivity contribution in [1.82, 2.24) is 0 Å². The summed E-state index contributed by atoms with van der Waals surface area (Å²) in [6, 6.07) is 6.65. The Labute approximate surface area is 184 Å². The summed E-state index contributed by atoms with van der Waals surface area (Å²) in [4.78, 5) is 30.6. The maximum absolute atomic E-state index is 13.2. The molecule has 1 atom stereocenters. The second-order valence-corrected chi connectivity index (χ2v) is 10.0. The van der Waals surface area contributed by atoms with E-state index in [-0.39, 0.29) is 0 Å². The molecule has 2 aromatic carbocycles. The summed E-state index contributed by atoms with van der Waals surface area (Å²) in [5.41, 5.74) is -5.50.